The Balaban J connectivity index is 2.13. The molecule has 1 heterocycles. The first-order chi connectivity index (χ1) is 8.66. The zero-order chi connectivity index (χ0) is 13.0. The van der Waals surface area contributed by atoms with Gasteiger partial charge in [-0.3, -0.25) is 15.1 Å². The van der Waals surface area contributed by atoms with E-state index in [1.807, 2.05) is 0 Å². The summed E-state index contributed by atoms with van der Waals surface area (Å²) in [5.74, 6) is -0.335. The van der Waals surface area contributed by atoms with E-state index in [1.54, 1.807) is 12.1 Å². The van der Waals surface area contributed by atoms with E-state index in [9.17, 15) is 14.5 Å². The summed E-state index contributed by atoms with van der Waals surface area (Å²) in [5.41, 5.74) is 0.967. The molecule has 0 saturated heterocycles. The quantitative estimate of drug-likeness (QED) is 0.666. The molecule has 92 valence electrons. The first kappa shape index (κ1) is 12.0. The highest BCUT2D eigenvalue weighted by atomic mass is 19.1. The molecule has 2 aromatic rings. The van der Waals surface area contributed by atoms with Crippen LogP contribution in [0.4, 0.5) is 15.8 Å². The standard InChI is InChI=1S/C12H10FN3O2/c13-10-3-1-2-9(6-10)7-15-11-4-5-14-8-12(11)16(17)18/h1-6,8H,7H2,(H,14,15). The minimum absolute atomic E-state index is 0.103. The van der Waals surface area contributed by atoms with Gasteiger partial charge in [-0.2, -0.15) is 0 Å². The van der Waals surface area contributed by atoms with Gasteiger partial charge in [-0.25, -0.2) is 4.39 Å². The smallest absolute Gasteiger partial charge is 0.310 e. The van der Waals surface area contributed by atoms with Gasteiger partial charge in [0, 0.05) is 12.7 Å². The third-order valence-corrected chi connectivity index (χ3v) is 2.37. The van der Waals surface area contributed by atoms with Crippen molar-refractivity contribution in [2.45, 2.75) is 6.54 Å². The molecule has 0 fully saturated rings. The van der Waals surface area contributed by atoms with Crippen LogP contribution in [0.25, 0.3) is 0 Å². The van der Waals surface area contributed by atoms with Gasteiger partial charge in [-0.15, -0.1) is 0 Å². The van der Waals surface area contributed by atoms with Crippen LogP contribution in [0.3, 0.4) is 0 Å². The Labute approximate surface area is 102 Å². The van der Waals surface area contributed by atoms with E-state index in [0.717, 1.165) is 0 Å². The molecule has 0 aliphatic carbocycles. The molecule has 0 bridgehead atoms. The number of pyridine rings is 1. The number of hydrogen-bond donors (Lipinski definition) is 1. The van der Waals surface area contributed by atoms with Gasteiger partial charge >= 0.3 is 5.69 Å². The fourth-order valence-electron chi connectivity index (χ4n) is 1.53. The minimum atomic E-state index is -0.513. The van der Waals surface area contributed by atoms with Crippen molar-refractivity contribution in [2.75, 3.05) is 5.32 Å². The van der Waals surface area contributed by atoms with Crippen molar-refractivity contribution in [1.29, 1.82) is 0 Å². The van der Waals surface area contributed by atoms with Crippen LogP contribution in [0.2, 0.25) is 0 Å². The number of rotatable bonds is 4. The van der Waals surface area contributed by atoms with Gasteiger partial charge in [0.2, 0.25) is 0 Å². The van der Waals surface area contributed by atoms with Crippen LogP contribution in [-0.4, -0.2) is 9.91 Å². The molecule has 0 unspecified atom stereocenters. The van der Waals surface area contributed by atoms with Gasteiger partial charge in [0.25, 0.3) is 0 Å². The second-order valence-corrected chi connectivity index (χ2v) is 3.63. The fraction of sp³-hybridized carbons (Fsp3) is 0.0833. The van der Waals surface area contributed by atoms with E-state index in [-0.39, 0.29) is 11.5 Å². The molecule has 0 amide bonds. The first-order valence-electron chi connectivity index (χ1n) is 5.23. The average Bonchev–Trinajstić information content (AvgIpc) is 2.37. The Kier molecular flexibility index (Phi) is 3.47. The summed E-state index contributed by atoms with van der Waals surface area (Å²) in [6.45, 7) is 0.308. The Morgan fingerprint density at radius 3 is 2.94 bits per heavy atom. The van der Waals surface area contributed by atoms with E-state index in [4.69, 9.17) is 0 Å². The second kappa shape index (κ2) is 5.22. The highest BCUT2D eigenvalue weighted by Gasteiger charge is 2.12. The molecule has 18 heavy (non-hydrogen) atoms. The summed E-state index contributed by atoms with van der Waals surface area (Å²) in [5, 5.41) is 13.6. The third-order valence-electron chi connectivity index (χ3n) is 2.37. The maximum Gasteiger partial charge on any atom is 0.310 e. The number of nitrogens with zero attached hydrogens (tertiary/aromatic N) is 2. The maximum atomic E-state index is 13.0. The van der Waals surface area contributed by atoms with Crippen molar-refractivity contribution in [3.05, 3.63) is 64.2 Å². The molecule has 0 radical (unpaired) electrons. The number of benzene rings is 1. The first-order valence-corrected chi connectivity index (χ1v) is 5.23. The predicted molar refractivity (Wildman–Crippen MR) is 64.6 cm³/mol. The summed E-state index contributed by atoms with van der Waals surface area (Å²) < 4.78 is 13.0. The van der Waals surface area contributed by atoms with Crippen molar-refractivity contribution in [3.8, 4) is 0 Å². The number of halogens is 1. The summed E-state index contributed by atoms with van der Waals surface area (Å²) in [6, 6.07) is 7.56. The van der Waals surface area contributed by atoms with Gasteiger partial charge in [0.05, 0.1) is 4.92 Å². The van der Waals surface area contributed by atoms with Crippen LogP contribution in [0.5, 0.6) is 0 Å². The van der Waals surface area contributed by atoms with Crippen molar-refractivity contribution >= 4 is 11.4 Å². The molecule has 1 aromatic heterocycles. The van der Waals surface area contributed by atoms with E-state index in [2.05, 4.69) is 10.3 Å². The fourth-order valence-corrected chi connectivity index (χ4v) is 1.53. The lowest BCUT2D eigenvalue weighted by Gasteiger charge is -2.06. The van der Waals surface area contributed by atoms with E-state index in [0.29, 0.717) is 17.8 Å². The number of nitro groups is 1. The minimum Gasteiger partial charge on any atom is -0.375 e. The van der Waals surface area contributed by atoms with Gasteiger partial charge in [0.15, 0.2) is 0 Å². The summed E-state index contributed by atoms with van der Waals surface area (Å²) >= 11 is 0. The second-order valence-electron chi connectivity index (χ2n) is 3.63. The Morgan fingerprint density at radius 1 is 1.39 bits per heavy atom. The van der Waals surface area contributed by atoms with Gasteiger partial charge < -0.3 is 5.32 Å². The number of anilines is 1. The lowest BCUT2D eigenvalue weighted by atomic mass is 10.2. The van der Waals surface area contributed by atoms with E-state index < -0.39 is 4.92 Å². The van der Waals surface area contributed by atoms with E-state index >= 15 is 0 Å². The van der Waals surface area contributed by atoms with Crippen molar-refractivity contribution in [3.63, 3.8) is 0 Å². The number of nitrogens with one attached hydrogen (secondary N) is 1. The predicted octanol–water partition coefficient (Wildman–Crippen LogP) is 2.74. The molecule has 0 aliphatic heterocycles. The number of aromatic nitrogens is 1. The van der Waals surface area contributed by atoms with Crippen molar-refractivity contribution in [2.24, 2.45) is 0 Å². The van der Waals surface area contributed by atoms with Gasteiger partial charge in [-0.05, 0) is 23.8 Å². The molecular formula is C12H10FN3O2. The molecule has 1 aromatic carbocycles. The zero-order valence-electron chi connectivity index (χ0n) is 9.34. The Morgan fingerprint density at radius 2 is 2.22 bits per heavy atom. The lowest BCUT2D eigenvalue weighted by molar-refractivity contribution is -0.384. The van der Waals surface area contributed by atoms with E-state index in [1.165, 1.54) is 30.6 Å². The zero-order valence-corrected chi connectivity index (χ0v) is 9.34. The largest absolute Gasteiger partial charge is 0.375 e. The SMILES string of the molecule is O=[N+]([O-])c1cnccc1NCc1cccc(F)c1. The van der Waals surface area contributed by atoms with Crippen LogP contribution in [0.15, 0.2) is 42.7 Å². The average molecular weight is 247 g/mol. The van der Waals surface area contributed by atoms with Crippen LogP contribution >= 0.6 is 0 Å². The summed E-state index contributed by atoms with van der Waals surface area (Å²) in [7, 11) is 0. The molecule has 0 saturated carbocycles. The highest BCUT2D eigenvalue weighted by Crippen LogP contribution is 2.22. The van der Waals surface area contributed by atoms with Crippen LogP contribution in [-0.2, 0) is 6.54 Å². The van der Waals surface area contributed by atoms with Gasteiger partial charge in [-0.1, -0.05) is 12.1 Å². The maximum absolute atomic E-state index is 13.0. The Bertz CT molecular complexity index is 575. The molecular weight excluding hydrogens is 237 g/mol. The molecule has 0 atom stereocenters. The highest BCUT2D eigenvalue weighted by molar-refractivity contribution is 5.59. The third kappa shape index (κ3) is 2.79. The van der Waals surface area contributed by atoms with Gasteiger partial charge in [0.1, 0.15) is 17.7 Å². The number of hydrogen-bond acceptors (Lipinski definition) is 4. The summed E-state index contributed by atoms with van der Waals surface area (Å²) in [4.78, 5) is 13.9. The molecule has 5 nitrogen and oxygen atoms in total. The Hall–Kier alpha value is -2.50. The lowest BCUT2D eigenvalue weighted by Crippen LogP contribution is -2.03. The van der Waals surface area contributed by atoms with Crippen LogP contribution in [0, 0.1) is 15.9 Å². The van der Waals surface area contributed by atoms with Crippen LogP contribution in [0.1, 0.15) is 5.56 Å². The van der Waals surface area contributed by atoms with Crippen molar-refractivity contribution in [1.82, 2.24) is 4.98 Å². The van der Waals surface area contributed by atoms with Crippen molar-refractivity contribution < 1.29 is 9.31 Å². The molecule has 1 N–H and O–H groups in total. The molecule has 6 heteroatoms. The molecule has 0 aliphatic rings. The van der Waals surface area contributed by atoms with Crippen LogP contribution < -0.4 is 5.32 Å². The molecule has 0 spiro atoms. The monoisotopic (exact) mass is 247 g/mol. The normalized spacial score (nSPS) is 10.1. The topological polar surface area (TPSA) is 68.1 Å². The summed E-state index contributed by atoms with van der Waals surface area (Å²) in [6.07, 6.45) is 2.63. The molecule has 2 rings (SSSR count).